The molecule has 3 amide bonds. The molecule has 7 nitrogen and oxygen atoms in total. The van der Waals surface area contributed by atoms with Gasteiger partial charge in [-0.3, -0.25) is 14.8 Å². The van der Waals surface area contributed by atoms with Crippen LogP contribution in [0.25, 0.3) is 0 Å². The van der Waals surface area contributed by atoms with Crippen molar-refractivity contribution in [3.63, 3.8) is 0 Å². The van der Waals surface area contributed by atoms with Crippen LogP contribution in [0.1, 0.15) is 6.42 Å². The average molecular weight is 246 g/mol. The van der Waals surface area contributed by atoms with Gasteiger partial charge >= 0.3 is 6.03 Å². The number of alkyl halides is 1. The van der Waals surface area contributed by atoms with Gasteiger partial charge in [-0.2, -0.15) is 0 Å². The first-order valence-electron chi connectivity index (χ1n) is 4.70. The van der Waals surface area contributed by atoms with Gasteiger partial charge in [-0.15, -0.1) is 16.7 Å². The van der Waals surface area contributed by atoms with Crippen LogP contribution in [0, 0.1) is 0 Å². The van der Waals surface area contributed by atoms with E-state index in [0.29, 0.717) is 13.1 Å². The molecule has 1 aromatic heterocycles. The molecule has 0 aliphatic carbocycles. The average Bonchev–Trinajstić information content (AvgIpc) is 2.70. The van der Waals surface area contributed by atoms with Crippen molar-refractivity contribution >= 4 is 23.5 Å². The van der Waals surface area contributed by atoms with Crippen molar-refractivity contribution in [2.75, 3.05) is 12.4 Å². The predicted octanol–water partition coefficient (Wildman–Crippen LogP) is -0.267. The Morgan fingerprint density at radius 1 is 1.44 bits per heavy atom. The number of hydrogen-bond acceptors (Lipinski definition) is 4. The lowest BCUT2D eigenvalue weighted by molar-refractivity contribution is -0.119. The Balaban J connectivity index is 2.13. The second kappa shape index (κ2) is 6.78. The third-order valence-electron chi connectivity index (χ3n) is 1.67. The van der Waals surface area contributed by atoms with Gasteiger partial charge in [0, 0.05) is 25.0 Å². The van der Waals surface area contributed by atoms with Crippen LogP contribution >= 0.6 is 11.6 Å². The first-order valence-corrected chi connectivity index (χ1v) is 5.23. The number of hydrogen-bond donors (Lipinski definition) is 2. The highest BCUT2D eigenvalue weighted by atomic mass is 35.5. The van der Waals surface area contributed by atoms with E-state index in [9.17, 15) is 9.59 Å². The molecule has 88 valence electrons. The maximum atomic E-state index is 11.1. The highest BCUT2D eigenvalue weighted by Gasteiger charge is 2.05. The molecule has 0 bridgehead atoms. The minimum Gasteiger partial charge on any atom is -0.336 e. The lowest BCUT2D eigenvalue weighted by Gasteiger charge is -2.05. The summed E-state index contributed by atoms with van der Waals surface area (Å²) in [6.07, 6.45) is 3.35. The van der Waals surface area contributed by atoms with E-state index in [-0.39, 0.29) is 12.3 Å². The number of nitrogens with one attached hydrogen (secondary N) is 2. The molecule has 16 heavy (non-hydrogen) atoms. The molecule has 0 fully saturated rings. The summed E-state index contributed by atoms with van der Waals surface area (Å²) in [5, 5.41) is 12.0. The number of nitrogens with zero attached hydrogens (tertiary/aromatic N) is 3. The summed E-state index contributed by atoms with van der Waals surface area (Å²) in [5.74, 6) is -0.203. The number of aromatic nitrogens is 3. The van der Waals surface area contributed by atoms with Crippen LogP contribution in [-0.2, 0) is 11.3 Å². The topological polar surface area (TPSA) is 88.9 Å². The first-order chi connectivity index (χ1) is 7.72. The second-order valence-electron chi connectivity index (χ2n) is 2.91. The van der Waals surface area contributed by atoms with Gasteiger partial charge in [0.25, 0.3) is 0 Å². The van der Waals surface area contributed by atoms with Crippen molar-refractivity contribution in [3.05, 3.63) is 12.4 Å². The molecule has 0 saturated carbocycles. The zero-order valence-corrected chi connectivity index (χ0v) is 9.28. The molecule has 1 rings (SSSR count). The third-order valence-corrected chi connectivity index (χ3v) is 1.86. The van der Waals surface area contributed by atoms with Crippen LogP contribution in [0.15, 0.2) is 12.4 Å². The molecule has 0 spiro atoms. The van der Waals surface area contributed by atoms with Gasteiger partial charge in [-0.25, -0.2) is 4.79 Å². The zero-order valence-electron chi connectivity index (χ0n) is 8.52. The van der Waals surface area contributed by atoms with Crippen LogP contribution in [0.3, 0.4) is 0 Å². The summed E-state index contributed by atoms with van der Waals surface area (Å²) < 4.78 is 1.57. The molecule has 8 heteroatoms. The lowest BCUT2D eigenvalue weighted by atomic mass is 10.4. The van der Waals surface area contributed by atoms with E-state index in [4.69, 9.17) is 11.6 Å². The van der Waals surface area contributed by atoms with Crippen molar-refractivity contribution in [2.45, 2.75) is 13.0 Å². The van der Waals surface area contributed by atoms with Gasteiger partial charge < -0.3 is 5.32 Å². The summed E-state index contributed by atoms with van der Waals surface area (Å²) in [4.78, 5) is 22.1. The number of amides is 3. The molecule has 0 aliphatic heterocycles. The van der Waals surface area contributed by atoms with Crippen molar-refractivity contribution in [2.24, 2.45) is 0 Å². The molecule has 2 N–H and O–H groups in total. The van der Waals surface area contributed by atoms with Crippen molar-refractivity contribution < 1.29 is 9.59 Å². The van der Waals surface area contributed by atoms with Gasteiger partial charge in [0.2, 0.25) is 5.91 Å². The molecule has 1 heterocycles. The Morgan fingerprint density at radius 3 is 2.88 bits per heavy atom. The Bertz CT molecular complexity index is 340. The highest BCUT2D eigenvalue weighted by molar-refractivity contribution is 6.19. The fourth-order valence-electron chi connectivity index (χ4n) is 0.955. The molecule has 0 aromatic carbocycles. The number of halogens is 1. The van der Waals surface area contributed by atoms with E-state index in [2.05, 4.69) is 20.9 Å². The standard InChI is InChI=1S/C8H12ClN5O2/c9-2-1-7(15)12-8(16)10-3-5-14-6-4-11-13-14/h4,6H,1-3,5H2,(H2,10,12,15,16). The highest BCUT2D eigenvalue weighted by Crippen LogP contribution is 1.84. The van der Waals surface area contributed by atoms with Crippen LogP contribution in [0.5, 0.6) is 0 Å². The lowest BCUT2D eigenvalue weighted by Crippen LogP contribution is -2.40. The van der Waals surface area contributed by atoms with Crippen molar-refractivity contribution in [1.29, 1.82) is 0 Å². The maximum absolute atomic E-state index is 11.1. The fourth-order valence-corrected chi connectivity index (χ4v) is 1.13. The van der Waals surface area contributed by atoms with Crippen LogP contribution in [0.2, 0.25) is 0 Å². The summed E-state index contributed by atoms with van der Waals surface area (Å²) in [7, 11) is 0. The molecular weight excluding hydrogens is 234 g/mol. The number of carbonyl (C=O) groups excluding carboxylic acids is 2. The van der Waals surface area contributed by atoms with Crippen LogP contribution in [-0.4, -0.2) is 39.4 Å². The van der Waals surface area contributed by atoms with E-state index < -0.39 is 11.9 Å². The Morgan fingerprint density at radius 2 is 2.25 bits per heavy atom. The molecule has 0 unspecified atom stereocenters. The maximum Gasteiger partial charge on any atom is 0.321 e. The van der Waals surface area contributed by atoms with Gasteiger partial charge in [0.05, 0.1) is 12.7 Å². The molecular formula is C8H12ClN5O2. The SMILES string of the molecule is O=C(CCCl)NC(=O)NCCn1ccnn1. The Kier molecular flexibility index (Phi) is 5.27. The fraction of sp³-hybridized carbons (Fsp3) is 0.500. The second-order valence-corrected chi connectivity index (χ2v) is 3.29. The smallest absolute Gasteiger partial charge is 0.321 e. The van der Waals surface area contributed by atoms with Crippen LogP contribution < -0.4 is 10.6 Å². The zero-order chi connectivity index (χ0) is 11.8. The van der Waals surface area contributed by atoms with Crippen molar-refractivity contribution in [3.8, 4) is 0 Å². The molecule has 1 aromatic rings. The Hall–Kier alpha value is -1.63. The molecule has 0 radical (unpaired) electrons. The summed E-state index contributed by atoms with van der Waals surface area (Å²) in [6, 6.07) is -0.532. The largest absolute Gasteiger partial charge is 0.336 e. The molecule has 0 saturated heterocycles. The van der Waals surface area contributed by atoms with E-state index in [0.717, 1.165) is 0 Å². The quantitative estimate of drug-likeness (QED) is 0.699. The number of rotatable bonds is 5. The van der Waals surface area contributed by atoms with E-state index in [1.807, 2.05) is 0 Å². The minimum absolute atomic E-state index is 0.123. The van der Waals surface area contributed by atoms with E-state index in [1.54, 1.807) is 17.1 Å². The first kappa shape index (κ1) is 12.4. The minimum atomic E-state index is -0.532. The summed E-state index contributed by atoms with van der Waals surface area (Å²) in [5.41, 5.74) is 0. The summed E-state index contributed by atoms with van der Waals surface area (Å²) >= 11 is 5.34. The monoisotopic (exact) mass is 245 g/mol. The van der Waals surface area contributed by atoms with E-state index >= 15 is 0 Å². The number of urea groups is 1. The van der Waals surface area contributed by atoms with Crippen molar-refractivity contribution in [1.82, 2.24) is 25.6 Å². The predicted molar refractivity (Wildman–Crippen MR) is 56.9 cm³/mol. The normalized spacial score (nSPS) is 9.81. The van der Waals surface area contributed by atoms with Crippen LogP contribution in [0.4, 0.5) is 4.79 Å². The Labute approximate surface area is 97.1 Å². The van der Waals surface area contributed by atoms with Gasteiger partial charge in [0.1, 0.15) is 0 Å². The van der Waals surface area contributed by atoms with Gasteiger partial charge in [0.15, 0.2) is 0 Å². The summed E-state index contributed by atoms with van der Waals surface area (Å²) in [6.45, 7) is 0.862. The third kappa shape index (κ3) is 4.74. The van der Waals surface area contributed by atoms with E-state index in [1.165, 1.54) is 0 Å². The molecule has 0 aliphatic rings. The van der Waals surface area contributed by atoms with Gasteiger partial charge in [-0.1, -0.05) is 5.21 Å². The van der Waals surface area contributed by atoms with Gasteiger partial charge in [-0.05, 0) is 0 Å². The number of carbonyl (C=O) groups is 2. The number of imide groups is 1. The molecule has 0 atom stereocenters.